The predicted molar refractivity (Wildman–Crippen MR) is 77.2 cm³/mol. The quantitative estimate of drug-likeness (QED) is 0.852. The number of halogens is 1. The molecule has 0 saturated heterocycles. The van der Waals surface area contributed by atoms with Crippen molar-refractivity contribution in [1.29, 1.82) is 0 Å². The van der Waals surface area contributed by atoms with E-state index in [2.05, 4.69) is 35.8 Å². The number of aromatic nitrogens is 2. The van der Waals surface area contributed by atoms with Gasteiger partial charge in [0.25, 0.3) is 0 Å². The first kappa shape index (κ1) is 14.2. The molecule has 21 heavy (non-hydrogen) atoms. The number of rotatable bonds is 2. The fourth-order valence-electron chi connectivity index (χ4n) is 2.53. The molecule has 0 saturated carbocycles. The van der Waals surface area contributed by atoms with Crippen LogP contribution in [0, 0.1) is 5.82 Å². The van der Waals surface area contributed by atoms with E-state index in [4.69, 9.17) is 4.52 Å². The standard InChI is InChI=1S/C16H20FN3O/c1-16(2,3)15-18-14(21-19-15)10-20-7-6-11-8-13(17)5-4-12(11)9-20/h4-5,8H,6-7,9-10H2,1-3H3. The Balaban J connectivity index is 1.70. The average molecular weight is 289 g/mol. The Hall–Kier alpha value is -1.75. The van der Waals surface area contributed by atoms with Crippen LogP contribution >= 0.6 is 0 Å². The Morgan fingerprint density at radius 1 is 1.29 bits per heavy atom. The highest BCUT2D eigenvalue weighted by molar-refractivity contribution is 5.29. The van der Waals surface area contributed by atoms with Crippen molar-refractivity contribution in [1.82, 2.24) is 15.0 Å². The number of hydrogen-bond donors (Lipinski definition) is 0. The van der Waals surface area contributed by atoms with Crippen LogP contribution < -0.4 is 0 Å². The Labute approximate surface area is 124 Å². The number of nitrogens with zero attached hydrogens (tertiary/aromatic N) is 3. The minimum atomic E-state index is -0.158. The van der Waals surface area contributed by atoms with E-state index in [1.807, 2.05) is 6.07 Å². The number of benzene rings is 1. The molecule has 2 aromatic rings. The van der Waals surface area contributed by atoms with Crippen molar-refractivity contribution in [2.45, 2.75) is 45.7 Å². The Morgan fingerprint density at radius 3 is 2.81 bits per heavy atom. The van der Waals surface area contributed by atoms with Gasteiger partial charge in [0.2, 0.25) is 5.89 Å². The summed E-state index contributed by atoms with van der Waals surface area (Å²) in [5, 5.41) is 4.05. The van der Waals surface area contributed by atoms with Crippen LogP contribution in [0.3, 0.4) is 0 Å². The van der Waals surface area contributed by atoms with Crippen molar-refractivity contribution in [3.8, 4) is 0 Å². The molecule has 3 rings (SSSR count). The zero-order chi connectivity index (χ0) is 15.0. The van der Waals surface area contributed by atoms with E-state index in [-0.39, 0.29) is 11.2 Å². The molecule has 0 fully saturated rings. The van der Waals surface area contributed by atoms with Crippen LogP contribution in [0.2, 0.25) is 0 Å². The highest BCUT2D eigenvalue weighted by Crippen LogP contribution is 2.22. The summed E-state index contributed by atoms with van der Waals surface area (Å²) in [6, 6.07) is 5.02. The lowest BCUT2D eigenvalue weighted by molar-refractivity contribution is 0.210. The summed E-state index contributed by atoms with van der Waals surface area (Å²) in [5.41, 5.74) is 2.18. The number of fused-ring (bicyclic) bond motifs is 1. The molecule has 4 nitrogen and oxygen atoms in total. The summed E-state index contributed by atoms with van der Waals surface area (Å²) in [4.78, 5) is 6.72. The molecule has 0 spiro atoms. The van der Waals surface area contributed by atoms with Gasteiger partial charge in [-0.25, -0.2) is 4.39 Å². The lowest BCUT2D eigenvalue weighted by Crippen LogP contribution is -2.30. The van der Waals surface area contributed by atoms with Crippen molar-refractivity contribution >= 4 is 0 Å². The van der Waals surface area contributed by atoms with Crippen LogP contribution in [-0.4, -0.2) is 21.6 Å². The maximum Gasteiger partial charge on any atom is 0.240 e. The first-order chi connectivity index (χ1) is 9.91. The smallest absolute Gasteiger partial charge is 0.240 e. The minimum Gasteiger partial charge on any atom is -0.338 e. The summed E-state index contributed by atoms with van der Waals surface area (Å²) in [6.45, 7) is 8.50. The van der Waals surface area contributed by atoms with Crippen LogP contribution in [0.5, 0.6) is 0 Å². The third-order valence-electron chi connectivity index (χ3n) is 3.76. The maximum atomic E-state index is 13.2. The summed E-state index contributed by atoms with van der Waals surface area (Å²) >= 11 is 0. The third kappa shape index (κ3) is 3.13. The van der Waals surface area contributed by atoms with Gasteiger partial charge in [0.15, 0.2) is 5.82 Å². The molecule has 112 valence electrons. The van der Waals surface area contributed by atoms with Crippen molar-refractivity contribution in [2.24, 2.45) is 0 Å². The first-order valence-electron chi connectivity index (χ1n) is 7.24. The lowest BCUT2D eigenvalue weighted by Gasteiger charge is -2.27. The van der Waals surface area contributed by atoms with E-state index >= 15 is 0 Å². The van der Waals surface area contributed by atoms with Gasteiger partial charge in [-0.1, -0.05) is 32.0 Å². The Bertz CT molecular complexity index is 645. The molecular weight excluding hydrogens is 269 g/mol. The van der Waals surface area contributed by atoms with E-state index in [0.29, 0.717) is 12.4 Å². The maximum absolute atomic E-state index is 13.2. The third-order valence-corrected chi connectivity index (χ3v) is 3.76. The average Bonchev–Trinajstić information content (AvgIpc) is 2.87. The molecule has 1 aromatic heterocycles. The van der Waals surface area contributed by atoms with Gasteiger partial charge >= 0.3 is 0 Å². The van der Waals surface area contributed by atoms with Crippen LogP contribution in [0.1, 0.15) is 43.6 Å². The molecule has 0 radical (unpaired) electrons. The van der Waals surface area contributed by atoms with Gasteiger partial charge in [-0.2, -0.15) is 4.98 Å². The zero-order valence-electron chi connectivity index (χ0n) is 12.7. The molecule has 0 bridgehead atoms. The molecule has 2 heterocycles. The first-order valence-corrected chi connectivity index (χ1v) is 7.24. The molecule has 5 heteroatoms. The molecule has 0 N–H and O–H groups in total. The van der Waals surface area contributed by atoms with Gasteiger partial charge in [-0.05, 0) is 29.7 Å². The summed E-state index contributed by atoms with van der Waals surface area (Å²) in [7, 11) is 0. The second-order valence-electron chi connectivity index (χ2n) is 6.64. The van der Waals surface area contributed by atoms with Crippen LogP contribution in [0.15, 0.2) is 22.7 Å². The van der Waals surface area contributed by atoms with Crippen LogP contribution in [-0.2, 0) is 24.9 Å². The highest BCUT2D eigenvalue weighted by Gasteiger charge is 2.23. The van der Waals surface area contributed by atoms with Gasteiger partial charge in [0.05, 0.1) is 6.54 Å². The topological polar surface area (TPSA) is 42.2 Å². The molecule has 0 amide bonds. The van der Waals surface area contributed by atoms with Gasteiger partial charge in [0.1, 0.15) is 5.82 Å². The van der Waals surface area contributed by atoms with Crippen LogP contribution in [0.25, 0.3) is 0 Å². The van der Waals surface area contributed by atoms with Gasteiger partial charge < -0.3 is 4.52 Å². The SMILES string of the molecule is CC(C)(C)c1noc(CN2CCc3cc(F)ccc3C2)n1. The molecule has 0 unspecified atom stereocenters. The zero-order valence-corrected chi connectivity index (χ0v) is 12.7. The Kier molecular flexibility index (Phi) is 3.53. The van der Waals surface area contributed by atoms with Crippen LogP contribution in [0.4, 0.5) is 4.39 Å². The fourth-order valence-corrected chi connectivity index (χ4v) is 2.53. The summed E-state index contributed by atoms with van der Waals surface area (Å²) in [5.74, 6) is 1.22. The van der Waals surface area contributed by atoms with E-state index in [0.717, 1.165) is 30.9 Å². The lowest BCUT2D eigenvalue weighted by atomic mass is 9.96. The normalized spacial score (nSPS) is 16.0. The van der Waals surface area contributed by atoms with Crippen molar-refractivity contribution in [3.05, 3.63) is 46.9 Å². The predicted octanol–water partition coefficient (Wildman–Crippen LogP) is 3.06. The molecule has 0 atom stereocenters. The van der Waals surface area contributed by atoms with Gasteiger partial charge in [0, 0.05) is 18.5 Å². The highest BCUT2D eigenvalue weighted by atomic mass is 19.1. The fraction of sp³-hybridized carbons (Fsp3) is 0.500. The van der Waals surface area contributed by atoms with Gasteiger partial charge in [-0.3, -0.25) is 4.90 Å². The molecule has 0 aliphatic carbocycles. The van der Waals surface area contributed by atoms with E-state index < -0.39 is 0 Å². The summed E-state index contributed by atoms with van der Waals surface area (Å²) < 4.78 is 18.5. The molecule has 1 aliphatic rings. The van der Waals surface area contributed by atoms with E-state index in [9.17, 15) is 4.39 Å². The summed E-state index contributed by atoms with van der Waals surface area (Å²) in [6.07, 6.45) is 0.855. The van der Waals surface area contributed by atoms with E-state index in [1.54, 1.807) is 6.07 Å². The van der Waals surface area contributed by atoms with Crippen molar-refractivity contribution in [3.63, 3.8) is 0 Å². The van der Waals surface area contributed by atoms with Crippen molar-refractivity contribution < 1.29 is 8.91 Å². The largest absolute Gasteiger partial charge is 0.338 e. The minimum absolute atomic E-state index is 0.103. The molecule has 1 aliphatic heterocycles. The molecular formula is C16H20FN3O. The van der Waals surface area contributed by atoms with E-state index in [1.165, 1.54) is 11.6 Å². The monoisotopic (exact) mass is 289 g/mol. The second-order valence-corrected chi connectivity index (χ2v) is 6.64. The number of hydrogen-bond acceptors (Lipinski definition) is 4. The second kappa shape index (κ2) is 5.22. The van der Waals surface area contributed by atoms with Gasteiger partial charge in [-0.15, -0.1) is 0 Å². The Morgan fingerprint density at radius 2 is 2.10 bits per heavy atom. The van der Waals surface area contributed by atoms with Crippen molar-refractivity contribution in [2.75, 3.05) is 6.54 Å². The molecule has 1 aromatic carbocycles.